The Kier molecular flexibility index (Phi) is 8.87. The Balaban J connectivity index is 1.57. The minimum Gasteiger partial charge on any atom is -0.308 e. The summed E-state index contributed by atoms with van der Waals surface area (Å²) in [6.45, 7) is 31.2. The molecule has 5 nitrogen and oxygen atoms in total. The van der Waals surface area contributed by atoms with Gasteiger partial charge >= 0.3 is 0 Å². The lowest BCUT2D eigenvalue weighted by Gasteiger charge is -2.22. The third-order valence-electron chi connectivity index (χ3n) is 11.9. The normalized spacial score (nSPS) is 13.0. The highest BCUT2D eigenvalue weighted by molar-refractivity contribution is 6.11. The van der Waals surface area contributed by atoms with Crippen LogP contribution < -0.4 is 0 Å². The fourth-order valence-electron chi connectivity index (χ4n) is 8.48. The molecule has 0 saturated heterocycles. The van der Waals surface area contributed by atoms with Crippen LogP contribution in [0.2, 0.25) is 0 Å². The average molecular weight is 764 g/mol. The second-order valence-electron chi connectivity index (χ2n) is 20.6. The molecule has 0 radical (unpaired) electrons. The molecule has 0 atom stereocenters. The summed E-state index contributed by atoms with van der Waals surface area (Å²) in [4.78, 5) is 10.3. The maximum Gasteiger partial charge on any atom is 0.161 e. The quantitative estimate of drug-likeness (QED) is 0.180. The van der Waals surface area contributed by atoms with Gasteiger partial charge in [-0.1, -0.05) is 132 Å². The van der Waals surface area contributed by atoms with Gasteiger partial charge in [-0.15, -0.1) is 0 Å². The first-order valence-electron chi connectivity index (χ1n) is 20.6. The number of nitriles is 1. The number of aromatic nitrogens is 4. The van der Waals surface area contributed by atoms with Gasteiger partial charge in [-0.2, -0.15) is 5.26 Å². The van der Waals surface area contributed by atoms with E-state index < -0.39 is 0 Å². The molecule has 0 aliphatic rings. The molecular weight excluding hydrogens is 707 g/mol. The predicted octanol–water partition coefficient (Wildman–Crippen LogP) is 14.0. The lowest BCUT2D eigenvalue weighted by molar-refractivity contribution is 0.590. The number of aryl methyl sites for hydroxylation is 2. The molecule has 0 amide bonds. The summed E-state index contributed by atoms with van der Waals surface area (Å²) in [5.41, 5.74) is 14.0. The molecule has 0 bridgehead atoms. The first kappa shape index (κ1) is 39.1. The van der Waals surface area contributed by atoms with Crippen LogP contribution in [-0.4, -0.2) is 19.1 Å². The molecule has 294 valence electrons. The first-order valence-corrected chi connectivity index (χ1v) is 20.6. The van der Waals surface area contributed by atoms with Gasteiger partial charge in [0.25, 0.3) is 0 Å². The monoisotopic (exact) mass is 763 g/mol. The van der Waals surface area contributed by atoms with Crippen molar-refractivity contribution in [3.63, 3.8) is 0 Å². The van der Waals surface area contributed by atoms with Gasteiger partial charge in [0.15, 0.2) is 5.82 Å². The van der Waals surface area contributed by atoms with Crippen molar-refractivity contribution >= 4 is 43.6 Å². The molecule has 0 aliphatic heterocycles. The van der Waals surface area contributed by atoms with E-state index in [1.807, 2.05) is 19.9 Å². The third-order valence-corrected chi connectivity index (χ3v) is 11.9. The van der Waals surface area contributed by atoms with Crippen molar-refractivity contribution in [2.75, 3.05) is 0 Å². The summed E-state index contributed by atoms with van der Waals surface area (Å²) in [5, 5.41) is 16.0. The molecule has 5 heteroatoms. The summed E-state index contributed by atoms with van der Waals surface area (Å²) in [6.07, 6.45) is 0. The fraction of sp³-hybridized carbons (Fsp3) is 0.340. The summed E-state index contributed by atoms with van der Waals surface area (Å²) in [7, 11) is 0. The minimum absolute atomic E-state index is 0.0678. The predicted molar refractivity (Wildman–Crippen MR) is 245 cm³/mol. The number of rotatable bonds is 3. The van der Waals surface area contributed by atoms with Crippen molar-refractivity contribution < 1.29 is 0 Å². The minimum atomic E-state index is -0.0690. The third kappa shape index (κ3) is 6.57. The summed E-state index contributed by atoms with van der Waals surface area (Å²) >= 11 is 0. The highest BCUT2D eigenvalue weighted by Gasteiger charge is 2.27. The highest BCUT2D eigenvalue weighted by Crippen LogP contribution is 2.43. The molecular formula is C53H57N5. The van der Waals surface area contributed by atoms with Crippen LogP contribution in [0, 0.1) is 25.2 Å². The summed E-state index contributed by atoms with van der Waals surface area (Å²) in [6, 6.07) is 36.4. The average Bonchev–Trinajstić information content (AvgIpc) is 3.63. The lowest BCUT2D eigenvalue weighted by atomic mass is 9.86. The van der Waals surface area contributed by atoms with Gasteiger partial charge in [-0.25, -0.2) is 9.97 Å². The zero-order valence-corrected chi connectivity index (χ0v) is 36.9. The van der Waals surface area contributed by atoms with Gasteiger partial charge in [0.1, 0.15) is 6.07 Å². The number of fused-ring (bicyclic) bond motifs is 6. The smallest absolute Gasteiger partial charge is 0.161 e. The van der Waals surface area contributed by atoms with Gasteiger partial charge in [-0.3, -0.25) is 0 Å². The summed E-state index contributed by atoms with van der Waals surface area (Å²) < 4.78 is 4.70. The topological polar surface area (TPSA) is 59.4 Å². The van der Waals surface area contributed by atoms with E-state index in [2.05, 4.69) is 183 Å². The van der Waals surface area contributed by atoms with Crippen molar-refractivity contribution in [1.29, 1.82) is 5.26 Å². The number of hydrogen-bond acceptors (Lipinski definition) is 3. The van der Waals surface area contributed by atoms with E-state index in [0.29, 0.717) is 11.4 Å². The highest BCUT2D eigenvalue weighted by atomic mass is 15.0. The van der Waals surface area contributed by atoms with Crippen LogP contribution in [0.3, 0.4) is 0 Å². The Labute approximate surface area is 344 Å². The molecule has 8 rings (SSSR count). The molecule has 0 aliphatic carbocycles. The Morgan fingerprint density at radius 1 is 0.431 bits per heavy atom. The van der Waals surface area contributed by atoms with E-state index in [-0.39, 0.29) is 21.7 Å². The maximum absolute atomic E-state index is 11.3. The van der Waals surface area contributed by atoms with Crippen LogP contribution in [0.4, 0.5) is 0 Å². The zero-order chi connectivity index (χ0) is 41.9. The van der Waals surface area contributed by atoms with E-state index in [1.165, 1.54) is 33.0 Å². The Hall–Kier alpha value is -5.73. The standard InChI is InChI=1S/C53H57N5/c1-31-23-32(2)56-49(55-31)42-29-43(57-45-25-34(50(3,4)5)15-19-38(45)39-20-16-35(26-46(39)57)51(6,7)8)33(30-54)24-44(42)58-47-27-36(52(9,10)11)17-21-40(47)41-22-18-37(28-48(41)58)53(12,13)14/h15-29H,1-14H3. The molecule has 0 unspecified atom stereocenters. The molecule has 58 heavy (non-hydrogen) atoms. The van der Waals surface area contributed by atoms with Crippen LogP contribution >= 0.6 is 0 Å². The SMILES string of the molecule is Cc1cc(C)nc(-c2cc(-n3c4cc(C(C)(C)C)ccc4c4ccc(C(C)(C)C)cc43)c(C#N)cc2-n2c3cc(C(C)(C)C)ccc3c3ccc(C(C)(C)C)cc32)n1. The first-order chi connectivity index (χ1) is 27.0. The van der Waals surface area contributed by atoms with Crippen molar-refractivity contribution in [1.82, 2.24) is 19.1 Å². The van der Waals surface area contributed by atoms with Crippen molar-refractivity contribution in [3.8, 4) is 28.8 Å². The van der Waals surface area contributed by atoms with Crippen LogP contribution in [0.15, 0.2) is 91.0 Å². The largest absolute Gasteiger partial charge is 0.308 e. The van der Waals surface area contributed by atoms with Gasteiger partial charge in [0.05, 0.1) is 39.0 Å². The van der Waals surface area contributed by atoms with E-state index in [1.54, 1.807) is 0 Å². The molecule has 0 fully saturated rings. The number of hydrogen-bond donors (Lipinski definition) is 0. The van der Waals surface area contributed by atoms with Gasteiger partial charge in [-0.05, 0) is 100 Å². The Morgan fingerprint density at radius 3 is 1.07 bits per heavy atom. The zero-order valence-electron chi connectivity index (χ0n) is 36.9. The second kappa shape index (κ2) is 13.1. The van der Waals surface area contributed by atoms with E-state index in [9.17, 15) is 5.26 Å². The molecule has 8 aromatic rings. The van der Waals surface area contributed by atoms with Crippen LogP contribution in [-0.2, 0) is 21.7 Å². The van der Waals surface area contributed by atoms with Crippen LogP contribution in [0.5, 0.6) is 0 Å². The summed E-state index contributed by atoms with van der Waals surface area (Å²) in [5.74, 6) is 0.638. The van der Waals surface area contributed by atoms with Gasteiger partial charge < -0.3 is 9.13 Å². The van der Waals surface area contributed by atoms with E-state index in [4.69, 9.17) is 9.97 Å². The van der Waals surface area contributed by atoms with Crippen molar-refractivity contribution in [2.45, 2.75) is 119 Å². The van der Waals surface area contributed by atoms with Crippen molar-refractivity contribution in [3.05, 3.63) is 130 Å². The number of nitrogens with zero attached hydrogens (tertiary/aromatic N) is 5. The van der Waals surface area contributed by atoms with Crippen LogP contribution in [0.25, 0.3) is 66.4 Å². The van der Waals surface area contributed by atoms with E-state index in [0.717, 1.165) is 61.2 Å². The van der Waals surface area contributed by atoms with E-state index >= 15 is 0 Å². The molecule has 3 heterocycles. The molecule has 0 N–H and O–H groups in total. The second-order valence-corrected chi connectivity index (χ2v) is 20.6. The molecule has 0 saturated carbocycles. The molecule has 3 aromatic heterocycles. The van der Waals surface area contributed by atoms with Gasteiger partial charge in [0.2, 0.25) is 0 Å². The molecule has 0 spiro atoms. The maximum atomic E-state index is 11.3. The van der Waals surface area contributed by atoms with Crippen molar-refractivity contribution in [2.24, 2.45) is 0 Å². The Bertz CT molecular complexity index is 2840. The fourth-order valence-corrected chi connectivity index (χ4v) is 8.48. The Morgan fingerprint density at radius 2 is 0.759 bits per heavy atom. The van der Waals surface area contributed by atoms with Gasteiger partial charge in [0, 0.05) is 38.5 Å². The lowest BCUT2D eigenvalue weighted by Crippen LogP contribution is -2.12. The number of benzene rings is 5. The molecule has 5 aromatic carbocycles. The van der Waals surface area contributed by atoms with Crippen LogP contribution in [0.1, 0.15) is 122 Å².